The van der Waals surface area contributed by atoms with Gasteiger partial charge in [0.05, 0.1) is 0 Å². The molecule has 122 valence electrons. The first-order valence-corrected chi connectivity index (χ1v) is 8.72. The molecule has 4 atom stereocenters. The van der Waals surface area contributed by atoms with Gasteiger partial charge in [0.2, 0.25) is 0 Å². The Morgan fingerprint density at radius 2 is 2.14 bits per heavy atom. The quantitative estimate of drug-likeness (QED) is 0.791. The summed E-state index contributed by atoms with van der Waals surface area (Å²) >= 11 is 0. The Morgan fingerprint density at radius 3 is 2.76 bits per heavy atom. The normalized spacial score (nSPS) is 37.8. The molecular weight excluding hydrogens is 264 g/mol. The number of hydrogen-bond acceptors (Lipinski definition) is 3. The lowest BCUT2D eigenvalue weighted by atomic mass is 9.84. The van der Waals surface area contributed by atoms with Crippen molar-refractivity contribution in [3.05, 3.63) is 0 Å². The van der Waals surface area contributed by atoms with Crippen LogP contribution in [0.15, 0.2) is 0 Å². The average Bonchev–Trinajstić information content (AvgIpc) is 2.82. The number of rotatable bonds is 6. The number of piperidine rings is 1. The number of carboxylic acid groups (broad SMARTS) is 1. The van der Waals surface area contributed by atoms with Gasteiger partial charge in [-0.15, -0.1) is 0 Å². The van der Waals surface area contributed by atoms with E-state index >= 15 is 0 Å². The molecule has 0 aromatic rings. The summed E-state index contributed by atoms with van der Waals surface area (Å²) in [6.45, 7) is 9.63. The van der Waals surface area contributed by atoms with Gasteiger partial charge in [-0.25, -0.2) is 0 Å². The third-order valence-electron chi connectivity index (χ3n) is 5.74. The molecule has 1 aliphatic carbocycles. The number of nitrogens with one attached hydrogen (secondary N) is 1. The Morgan fingerprint density at radius 1 is 1.38 bits per heavy atom. The van der Waals surface area contributed by atoms with Crippen molar-refractivity contribution in [2.24, 2.45) is 11.8 Å². The summed E-state index contributed by atoms with van der Waals surface area (Å²) in [7, 11) is 0. The second-order valence-corrected chi connectivity index (χ2v) is 7.20. The van der Waals surface area contributed by atoms with E-state index in [1.165, 1.54) is 19.4 Å². The van der Waals surface area contributed by atoms with Crippen LogP contribution in [0.3, 0.4) is 0 Å². The number of carboxylic acids is 1. The van der Waals surface area contributed by atoms with Crippen LogP contribution in [0.25, 0.3) is 0 Å². The lowest BCUT2D eigenvalue weighted by Gasteiger charge is -2.39. The maximum Gasteiger partial charge on any atom is 0.324 e. The number of hydrogen-bond donors (Lipinski definition) is 2. The van der Waals surface area contributed by atoms with Crippen molar-refractivity contribution in [1.29, 1.82) is 0 Å². The number of aliphatic carboxylic acids is 1. The predicted octanol–water partition coefficient (Wildman–Crippen LogP) is 2.73. The highest BCUT2D eigenvalue weighted by Gasteiger charge is 2.48. The molecule has 1 saturated carbocycles. The van der Waals surface area contributed by atoms with Gasteiger partial charge in [0.1, 0.15) is 5.54 Å². The van der Waals surface area contributed by atoms with E-state index < -0.39 is 11.5 Å². The van der Waals surface area contributed by atoms with Crippen molar-refractivity contribution in [1.82, 2.24) is 10.2 Å². The Hall–Kier alpha value is -0.610. The van der Waals surface area contributed by atoms with Crippen LogP contribution in [-0.4, -0.2) is 47.2 Å². The zero-order valence-corrected chi connectivity index (χ0v) is 13.9. The lowest BCUT2D eigenvalue weighted by molar-refractivity contribution is -0.146. The molecule has 0 amide bonds. The maximum absolute atomic E-state index is 11.8. The van der Waals surface area contributed by atoms with E-state index in [-0.39, 0.29) is 5.92 Å². The van der Waals surface area contributed by atoms with Crippen LogP contribution in [0.1, 0.15) is 59.3 Å². The van der Waals surface area contributed by atoms with Crippen molar-refractivity contribution in [2.75, 3.05) is 19.6 Å². The van der Waals surface area contributed by atoms with Gasteiger partial charge in [-0.2, -0.15) is 0 Å². The number of likely N-dealkylation sites (tertiary alicyclic amines) is 1. The molecule has 0 spiro atoms. The fraction of sp³-hybridized carbons (Fsp3) is 0.941. The molecule has 4 unspecified atom stereocenters. The zero-order chi connectivity index (χ0) is 15.5. The van der Waals surface area contributed by atoms with E-state index in [1.807, 2.05) is 6.92 Å². The van der Waals surface area contributed by atoms with Crippen LogP contribution in [0.4, 0.5) is 0 Å². The average molecular weight is 296 g/mol. The molecular formula is C17H32N2O2. The summed E-state index contributed by atoms with van der Waals surface area (Å²) in [5, 5.41) is 13.0. The molecule has 1 saturated heterocycles. The molecule has 0 radical (unpaired) electrons. The molecule has 2 N–H and O–H groups in total. The maximum atomic E-state index is 11.8. The van der Waals surface area contributed by atoms with Gasteiger partial charge in [-0.3, -0.25) is 4.79 Å². The summed E-state index contributed by atoms with van der Waals surface area (Å²) in [4.78, 5) is 14.4. The summed E-state index contributed by atoms with van der Waals surface area (Å²) < 4.78 is 0. The fourth-order valence-electron chi connectivity index (χ4n) is 4.48. The standard InChI is InChI=1S/C17H32N2O2/c1-4-18-17(16(20)21)9-5-6-15(17)8-11-19-10-7-13(2)12-14(19)3/h13-15,18H,4-12H2,1-3H3,(H,20,21). The molecule has 4 nitrogen and oxygen atoms in total. The largest absolute Gasteiger partial charge is 0.480 e. The van der Waals surface area contributed by atoms with Crippen LogP contribution in [0.2, 0.25) is 0 Å². The number of likely N-dealkylation sites (N-methyl/N-ethyl adjacent to an activating group) is 1. The van der Waals surface area contributed by atoms with Crippen LogP contribution in [-0.2, 0) is 4.79 Å². The first-order valence-electron chi connectivity index (χ1n) is 8.72. The molecule has 21 heavy (non-hydrogen) atoms. The van der Waals surface area contributed by atoms with Crippen LogP contribution >= 0.6 is 0 Å². The molecule has 2 rings (SSSR count). The first-order chi connectivity index (χ1) is 9.99. The zero-order valence-electron chi connectivity index (χ0n) is 13.9. The van der Waals surface area contributed by atoms with Crippen LogP contribution < -0.4 is 5.32 Å². The van der Waals surface area contributed by atoms with E-state index in [2.05, 4.69) is 24.1 Å². The van der Waals surface area contributed by atoms with Crippen molar-refractivity contribution < 1.29 is 9.90 Å². The third kappa shape index (κ3) is 3.59. The van der Waals surface area contributed by atoms with Gasteiger partial charge < -0.3 is 15.3 Å². The second-order valence-electron chi connectivity index (χ2n) is 7.20. The molecule has 1 aliphatic heterocycles. The van der Waals surface area contributed by atoms with Crippen molar-refractivity contribution in [3.8, 4) is 0 Å². The summed E-state index contributed by atoms with van der Waals surface area (Å²) in [6, 6.07) is 0.647. The highest BCUT2D eigenvalue weighted by atomic mass is 16.4. The smallest absolute Gasteiger partial charge is 0.324 e. The SMILES string of the molecule is CCNC1(C(=O)O)CCCC1CCN1CCC(C)CC1C. The first kappa shape index (κ1) is 16.8. The Balaban J connectivity index is 1.93. The molecule has 2 fully saturated rings. The fourth-order valence-corrected chi connectivity index (χ4v) is 4.48. The molecule has 0 bridgehead atoms. The van der Waals surface area contributed by atoms with E-state index in [1.54, 1.807) is 0 Å². The minimum Gasteiger partial charge on any atom is -0.480 e. The highest BCUT2D eigenvalue weighted by molar-refractivity contribution is 5.79. The van der Waals surface area contributed by atoms with Gasteiger partial charge in [-0.1, -0.05) is 20.3 Å². The van der Waals surface area contributed by atoms with E-state index in [0.29, 0.717) is 6.04 Å². The predicted molar refractivity (Wildman–Crippen MR) is 85.4 cm³/mol. The van der Waals surface area contributed by atoms with E-state index in [9.17, 15) is 9.90 Å². The van der Waals surface area contributed by atoms with Crippen molar-refractivity contribution in [3.63, 3.8) is 0 Å². The molecule has 0 aromatic heterocycles. The van der Waals surface area contributed by atoms with E-state index in [0.717, 1.165) is 44.7 Å². The van der Waals surface area contributed by atoms with Gasteiger partial charge >= 0.3 is 5.97 Å². The minimum absolute atomic E-state index is 0.279. The molecule has 4 heteroatoms. The summed E-state index contributed by atoms with van der Waals surface area (Å²) in [5.74, 6) is 0.469. The monoisotopic (exact) mass is 296 g/mol. The van der Waals surface area contributed by atoms with Gasteiger partial charge in [0, 0.05) is 6.04 Å². The van der Waals surface area contributed by atoms with Crippen molar-refractivity contribution in [2.45, 2.75) is 70.9 Å². The van der Waals surface area contributed by atoms with Crippen LogP contribution in [0.5, 0.6) is 0 Å². The Labute approximate surface area is 129 Å². The van der Waals surface area contributed by atoms with Crippen molar-refractivity contribution >= 4 is 5.97 Å². The Bertz CT molecular complexity index is 361. The number of nitrogens with zero attached hydrogens (tertiary/aromatic N) is 1. The summed E-state index contributed by atoms with van der Waals surface area (Å²) in [5.41, 5.74) is -0.666. The third-order valence-corrected chi connectivity index (χ3v) is 5.74. The molecule has 0 aromatic carbocycles. The topological polar surface area (TPSA) is 52.6 Å². The van der Waals surface area contributed by atoms with Gasteiger partial charge in [-0.05, 0) is 70.5 Å². The van der Waals surface area contributed by atoms with Gasteiger partial charge in [0.15, 0.2) is 0 Å². The second kappa shape index (κ2) is 7.10. The molecule has 1 heterocycles. The molecule has 2 aliphatic rings. The van der Waals surface area contributed by atoms with Crippen LogP contribution in [0, 0.1) is 11.8 Å². The van der Waals surface area contributed by atoms with E-state index in [4.69, 9.17) is 0 Å². The lowest BCUT2D eigenvalue weighted by Crippen LogP contribution is -2.55. The number of carbonyl (C=O) groups is 1. The summed E-state index contributed by atoms with van der Waals surface area (Å²) in [6.07, 6.45) is 6.45. The van der Waals surface area contributed by atoms with Gasteiger partial charge in [0.25, 0.3) is 0 Å². The Kier molecular flexibility index (Phi) is 5.67. The highest BCUT2D eigenvalue weighted by Crippen LogP contribution is 2.38. The minimum atomic E-state index is -0.666.